The molecule has 3 nitrogen and oxygen atoms in total. The molecule has 0 spiro atoms. The molecule has 0 radical (unpaired) electrons. The monoisotopic (exact) mass is 378 g/mol. The molecule has 27 heavy (non-hydrogen) atoms. The Morgan fingerprint density at radius 2 is 1.74 bits per heavy atom. The van der Waals surface area contributed by atoms with Crippen molar-refractivity contribution in [3.05, 3.63) is 47.5 Å². The Balaban J connectivity index is 2.16. The number of carbonyl (C=O) groups excluding carboxylic acids is 1. The van der Waals surface area contributed by atoms with Crippen LogP contribution in [0.2, 0.25) is 0 Å². The molecule has 0 aliphatic carbocycles. The van der Waals surface area contributed by atoms with Crippen LogP contribution >= 0.6 is 0 Å². The van der Waals surface area contributed by atoms with E-state index in [1.807, 2.05) is 44.2 Å². The minimum atomic E-state index is -4.51. The Morgan fingerprint density at radius 1 is 1.15 bits per heavy atom. The highest BCUT2D eigenvalue weighted by Gasteiger charge is 2.51. The van der Waals surface area contributed by atoms with Crippen molar-refractivity contribution in [3.63, 3.8) is 0 Å². The second-order valence-electron chi connectivity index (χ2n) is 8.39. The fraction of sp³-hybridized carbons (Fsp3) is 0.476. The number of hydrogen-bond donors (Lipinski definition) is 1. The zero-order valence-corrected chi connectivity index (χ0v) is 16.0. The predicted octanol–water partition coefficient (Wildman–Crippen LogP) is 5.01. The van der Waals surface area contributed by atoms with Gasteiger partial charge in [0.25, 0.3) is 0 Å². The molecule has 1 unspecified atom stereocenters. The van der Waals surface area contributed by atoms with E-state index in [2.05, 4.69) is 5.43 Å². The fourth-order valence-electron chi connectivity index (χ4n) is 3.67. The van der Waals surface area contributed by atoms with Gasteiger partial charge in [-0.15, -0.1) is 0 Å². The van der Waals surface area contributed by atoms with Gasteiger partial charge in [0.1, 0.15) is 6.04 Å². The highest BCUT2D eigenvalue weighted by atomic mass is 19.4. The molecule has 2 aromatic carbocycles. The lowest BCUT2D eigenvalue weighted by molar-refractivity contribution is -0.191. The molecular weight excluding hydrogens is 353 g/mol. The van der Waals surface area contributed by atoms with Gasteiger partial charge in [0.2, 0.25) is 5.91 Å². The summed E-state index contributed by atoms with van der Waals surface area (Å²) >= 11 is 0. The van der Waals surface area contributed by atoms with Gasteiger partial charge in [-0.05, 0) is 54.2 Å². The van der Waals surface area contributed by atoms with Crippen molar-refractivity contribution in [1.29, 1.82) is 0 Å². The number of nitrogens with zero attached hydrogens (tertiary/aromatic N) is 1. The van der Waals surface area contributed by atoms with Crippen molar-refractivity contribution in [1.82, 2.24) is 10.4 Å². The van der Waals surface area contributed by atoms with E-state index < -0.39 is 17.6 Å². The molecule has 0 saturated carbocycles. The molecule has 0 bridgehead atoms. The first-order chi connectivity index (χ1) is 12.5. The van der Waals surface area contributed by atoms with Crippen LogP contribution in [0.4, 0.5) is 13.2 Å². The number of benzene rings is 2. The summed E-state index contributed by atoms with van der Waals surface area (Å²) in [6, 6.07) is 9.03. The summed E-state index contributed by atoms with van der Waals surface area (Å²) in [5.41, 5.74) is 2.48. The average Bonchev–Trinajstić information content (AvgIpc) is 2.78. The van der Waals surface area contributed by atoms with Gasteiger partial charge in [-0.1, -0.05) is 44.2 Å². The Hall–Kier alpha value is -2.08. The van der Waals surface area contributed by atoms with Crippen LogP contribution in [0.25, 0.3) is 10.8 Å². The highest BCUT2D eigenvalue weighted by molar-refractivity contribution is 5.85. The van der Waals surface area contributed by atoms with E-state index in [9.17, 15) is 18.0 Å². The van der Waals surface area contributed by atoms with Crippen molar-refractivity contribution >= 4 is 16.7 Å². The van der Waals surface area contributed by atoms with E-state index in [1.165, 1.54) is 0 Å². The normalized spacial score (nSPS) is 18.9. The summed E-state index contributed by atoms with van der Waals surface area (Å²) in [6.45, 7) is 7.30. The topological polar surface area (TPSA) is 32.3 Å². The Kier molecular flexibility index (Phi) is 4.97. The van der Waals surface area contributed by atoms with Crippen LogP contribution in [0.5, 0.6) is 0 Å². The minimum Gasteiger partial charge on any atom is -0.287 e. The van der Waals surface area contributed by atoms with Gasteiger partial charge in [0, 0.05) is 6.54 Å². The van der Waals surface area contributed by atoms with Gasteiger partial charge >= 0.3 is 6.18 Å². The van der Waals surface area contributed by atoms with E-state index in [0.29, 0.717) is 12.0 Å². The zero-order valence-electron chi connectivity index (χ0n) is 16.0. The first-order valence-electron chi connectivity index (χ1n) is 9.15. The van der Waals surface area contributed by atoms with Gasteiger partial charge in [-0.2, -0.15) is 13.2 Å². The predicted molar refractivity (Wildman–Crippen MR) is 99.9 cm³/mol. The van der Waals surface area contributed by atoms with E-state index in [1.54, 1.807) is 19.9 Å². The lowest BCUT2D eigenvalue weighted by atomic mass is 9.89. The maximum Gasteiger partial charge on any atom is 0.409 e. The highest BCUT2D eigenvalue weighted by Crippen LogP contribution is 2.43. The number of hydrogen-bond acceptors (Lipinski definition) is 2. The van der Waals surface area contributed by atoms with Gasteiger partial charge in [0.15, 0.2) is 0 Å². The molecule has 1 atom stereocenters. The number of rotatable bonds is 4. The van der Waals surface area contributed by atoms with E-state index in [-0.39, 0.29) is 23.9 Å². The Morgan fingerprint density at radius 3 is 2.22 bits per heavy atom. The summed E-state index contributed by atoms with van der Waals surface area (Å²) < 4.78 is 42.5. The summed E-state index contributed by atoms with van der Waals surface area (Å²) in [5, 5.41) is 2.73. The van der Waals surface area contributed by atoms with Crippen LogP contribution < -0.4 is 5.43 Å². The van der Waals surface area contributed by atoms with E-state index in [0.717, 1.165) is 15.8 Å². The minimum absolute atomic E-state index is 0.00392. The van der Waals surface area contributed by atoms with Crippen LogP contribution in [0.3, 0.4) is 0 Å². The third-order valence-electron chi connectivity index (χ3n) is 4.98. The first-order valence-corrected chi connectivity index (χ1v) is 9.15. The van der Waals surface area contributed by atoms with Crippen molar-refractivity contribution < 1.29 is 18.0 Å². The van der Waals surface area contributed by atoms with Crippen LogP contribution in [0.1, 0.15) is 44.9 Å². The average molecular weight is 378 g/mol. The quantitative estimate of drug-likeness (QED) is 0.811. The second kappa shape index (κ2) is 6.82. The number of alkyl halides is 3. The number of halogens is 3. The van der Waals surface area contributed by atoms with Crippen molar-refractivity contribution in [3.8, 4) is 0 Å². The molecule has 6 heteroatoms. The molecule has 146 valence electrons. The molecule has 1 N–H and O–H groups in total. The van der Waals surface area contributed by atoms with Crippen LogP contribution in [0, 0.1) is 11.3 Å². The SMILES string of the molecule is CC(C)Cc1cc2ccccc2cc1C(N1CC(C)(C)C(=O)N1)C(F)(F)F. The van der Waals surface area contributed by atoms with Crippen molar-refractivity contribution in [2.24, 2.45) is 11.3 Å². The number of hydrazine groups is 1. The first kappa shape index (κ1) is 19.7. The van der Waals surface area contributed by atoms with E-state index >= 15 is 0 Å². The summed E-state index contributed by atoms with van der Waals surface area (Å²) in [7, 11) is 0. The third kappa shape index (κ3) is 3.95. The third-order valence-corrected chi connectivity index (χ3v) is 4.98. The number of amides is 1. The second-order valence-corrected chi connectivity index (χ2v) is 8.39. The standard InChI is InChI=1S/C21H25F3N2O/c1-13(2)9-16-10-14-7-5-6-8-15(14)11-17(16)18(21(22,23)24)26-12-20(3,4)19(27)25-26/h5-8,10-11,13,18H,9,12H2,1-4H3,(H,25,27). The van der Waals surface area contributed by atoms with Crippen molar-refractivity contribution in [2.75, 3.05) is 6.54 Å². The smallest absolute Gasteiger partial charge is 0.287 e. The van der Waals surface area contributed by atoms with Gasteiger partial charge in [-0.3, -0.25) is 10.2 Å². The molecule has 0 aromatic heterocycles. The van der Waals surface area contributed by atoms with Crippen LogP contribution in [0.15, 0.2) is 36.4 Å². The lowest BCUT2D eigenvalue weighted by Gasteiger charge is -2.32. The van der Waals surface area contributed by atoms with Crippen molar-refractivity contribution in [2.45, 2.75) is 46.3 Å². The molecule has 3 rings (SSSR count). The number of carbonyl (C=O) groups is 1. The molecule has 1 aliphatic heterocycles. The van der Waals surface area contributed by atoms with Crippen LogP contribution in [-0.4, -0.2) is 23.6 Å². The van der Waals surface area contributed by atoms with Gasteiger partial charge < -0.3 is 0 Å². The Bertz CT molecular complexity index is 858. The van der Waals surface area contributed by atoms with Gasteiger partial charge in [0.05, 0.1) is 5.41 Å². The van der Waals surface area contributed by atoms with Gasteiger partial charge in [-0.25, -0.2) is 5.01 Å². The summed E-state index contributed by atoms with van der Waals surface area (Å²) in [4.78, 5) is 12.1. The maximum atomic E-state index is 14.2. The Labute approximate surface area is 157 Å². The molecule has 1 aliphatic rings. The lowest BCUT2D eigenvalue weighted by Crippen LogP contribution is -2.44. The molecule has 2 aromatic rings. The maximum absolute atomic E-state index is 14.2. The number of nitrogens with one attached hydrogen (secondary N) is 1. The summed E-state index contributed by atoms with van der Waals surface area (Å²) in [6.07, 6.45) is -3.97. The van der Waals surface area contributed by atoms with Crippen LogP contribution in [-0.2, 0) is 11.2 Å². The molecule has 1 heterocycles. The largest absolute Gasteiger partial charge is 0.409 e. The molecule has 1 fully saturated rings. The fourth-order valence-corrected chi connectivity index (χ4v) is 3.67. The van der Waals surface area contributed by atoms with E-state index in [4.69, 9.17) is 0 Å². The number of fused-ring (bicyclic) bond motifs is 1. The summed E-state index contributed by atoms with van der Waals surface area (Å²) in [5.74, 6) is -0.175. The zero-order chi connectivity index (χ0) is 20.0. The molecule has 1 saturated heterocycles. The molecule has 1 amide bonds. The molecular formula is C21H25F3N2O.